The van der Waals surface area contributed by atoms with Crippen LogP contribution in [0.25, 0.3) is 0 Å². The highest BCUT2D eigenvalue weighted by Crippen LogP contribution is 2.21. The highest BCUT2D eigenvalue weighted by Gasteiger charge is 2.40. The van der Waals surface area contributed by atoms with Crippen molar-refractivity contribution in [3.63, 3.8) is 0 Å². The lowest BCUT2D eigenvalue weighted by Crippen LogP contribution is -2.40. The van der Waals surface area contributed by atoms with Crippen LogP contribution in [0.4, 0.5) is 17.6 Å². The van der Waals surface area contributed by atoms with Crippen molar-refractivity contribution in [3.8, 4) is 12.3 Å². The lowest BCUT2D eigenvalue weighted by atomic mass is 10.3. The Morgan fingerprint density at radius 2 is 2.08 bits per heavy atom. The summed E-state index contributed by atoms with van der Waals surface area (Å²) in [4.78, 5) is 10.2. The van der Waals surface area contributed by atoms with E-state index in [4.69, 9.17) is 0 Å². The fourth-order valence-corrected chi connectivity index (χ4v) is 0.326. The zero-order valence-electron chi connectivity index (χ0n) is 5.78. The van der Waals surface area contributed by atoms with E-state index in [0.29, 0.717) is 0 Å². The molecule has 0 saturated carbocycles. The van der Waals surface area contributed by atoms with Gasteiger partial charge in [0.05, 0.1) is 6.54 Å². The van der Waals surface area contributed by atoms with Crippen molar-refractivity contribution in [1.82, 2.24) is 5.32 Å². The molecule has 6 heteroatoms. The zero-order chi connectivity index (χ0) is 9.78. The Balaban J connectivity index is 3.94. The van der Waals surface area contributed by atoms with Crippen LogP contribution in [-0.2, 0) is 4.79 Å². The normalized spacial score (nSPS) is 11.0. The highest BCUT2D eigenvalue weighted by molar-refractivity contribution is 5.92. The molecular weight excluding hydrogens is 178 g/mol. The minimum Gasteiger partial charge on any atom is -0.339 e. The van der Waals surface area contributed by atoms with E-state index in [-0.39, 0.29) is 0 Å². The molecule has 0 saturated heterocycles. The number of terminal acetylenes is 1. The van der Waals surface area contributed by atoms with Gasteiger partial charge in [0.25, 0.3) is 5.91 Å². The Morgan fingerprint density at radius 3 is 2.42 bits per heavy atom. The lowest BCUT2D eigenvalue weighted by Gasteiger charge is -2.14. The average molecular weight is 183 g/mol. The molecule has 0 aromatic rings. The molecule has 0 heterocycles. The Morgan fingerprint density at radius 1 is 1.58 bits per heavy atom. The third-order valence-corrected chi connectivity index (χ3v) is 0.935. The van der Waals surface area contributed by atoms with E-state index in [1.54, 1.807) is 0 Å². The van der Waals surface area contributed by atoms with Gasteiger partial charge in [-0.05, 0) is 5.92 Å². The number of carbonyl (C=O) groups is 1. The van der Waals surface area contributed by atoms with Crippen molar-refractivity contribution >= 4 is 5.91 Å². The summed E-state index contributed by atoms with van der Waals surface area (Å²) in [6, 6.07) is 0. The predicted octanol–water partition coefficient (Wildman–Crippen LogP) is 0.636. The Labute approximate surface area is 65.9 Å². The zero-order valence-corrected chi connectivity index (χ0v) is 5.78. The van der Waals surface area contributed by atoms with Gasteiger partial charge in [0.1, 0.15) is 0 Å². The van der Waals surface area contributed by atoms with Gasteiger partial charge in [0.15, 0.2) is 0 Å². The molecule has 2 nitrogen and oxygen atoms in total. The van der Waals surface area contributed by atoms with Crippen molar-refractivity contribution in [1.29, 1.82) is 0 Å². The molecule has 0 rings (SSSR count). The summed E-state index contributed by atoms with van der Waals surface area (Å²) in [5, 5.41) is 1.45. The maximum atomic E-state index is 12.0. The van der Waals surface area contributed by atoms with Crippen molar-refractivity contribution in [2.75, 3.05) is 6.54 Å². The van der Waals surface area contributed by atoms with E-state index >= 15 is 0 Å². The number of alkyl halides is 4. The second-order valence-electron chi connectivity index (χ2n) is 1.89. The summed E-state index contributed by atoms with van der Waals surface area (Å²) in [6.07, 6.45) is 0.673. The van der Waals surface area contributed by atoms with E-state index in [0.717, 1.165) is 0 Å². The number of hydrogen-bond donors (Lipinski definition) is 1. The summed E-state index contributed by atoms with van der Waals surface area (Å²) in [7, 11) is 0. The molecule has 0 atom stereocenters. The molecule has 68 valence electrons. The van der Waals surface area contributed by atoms with Crippen LogP contribution in [0.1, 0.15) is 0 Å². The summed E-state index contributed by atoms with van der Waals surface area (Å²) < 4.78 is 46.8. The number of nitrogens with one attached hydrogen (secondary N) is 1. The van der Waals surface area contributed by atoms with Gasteiger partial charge in [0.2, 0.25) is 0 Å². The number of rotatable bonds is 3. The SMILES string of the molecule is C#CC(=O)NCC(F)(F)C(F)F. The maximum Gasteiger partial charge on any atom is 0.324 e. The van der Waals surface area contributed by atoms with Crippen LogP contribution in [0, 0.1) is 12.3 Å². The largest absolute Gasteiger partial charge is 0.339 e. The van der Waals surface area contributed by atoms with Gasteiger partial charge in [-0.25, -0.2) is 8.78 Å². The highest BCUT2D eigenvalue weighted by atomic mass is 19.3. The first-order chi connectivity index (χ1) is 5.40. The molecule has 0 aromatic heterocycles. The number of carbonyl (C=O) groups excluding carboxylic acids is 1. The number of hydrogen-bond acceptors (Lipinski definition) is 1. The van der Waals surface area contributed by atoms with Crippen molar-refractivity contribution < 1.29 is 22.4 Å². The van der Waals surface area contributed by atoms with E-state index in [1.807, 2.05) is 0 Å². The van der Waals surface area contributed by atoms with Crippen LogP contribution < -0.4 is 5.32 Å². The first-order valence-electron chi connectivity index (χ1n) is 2.80. The topological polar surface area (TPSA) is 29.1 Å². The molecule has 1 N–H and O–H groups in total. The quantitative estimate of drug-likeness (QED) is 0.504. The third kappa shape index (κ3) is 3.23. The first-order valence-corrected chi connectivity index (χ1v) is 2.80. The smallest absolute Gasteiger partial charge is 0.324 e. The van der Waals surface area contributed by atoms with Gasteiger partial charge in [-0.3, -0.25) is 4.79 Å². The van der Waals surface area contributed by atoms with Crippen molar-refractivity contribution in [3.05, 3.63) is 0 Å². The Kier molecular flexibility index (Phi) is 3.54. The lowest BCUT2D eigenvalue weighted by molar-refractivity contribution is -0.133. The molecule has 0 bridgehead atoms. The molecule has 0 spiro atoms. The number of halogens is 4. The predicted molar refractivity (Wildman–Crippen MR) is 32.8 cm³/mol. The summed E-state index contributed by atoms with van der Waals surface area (Å²) >= 11 is 0. The van der Waals surface area contributed by atoms with Crippen molar-refractivity contribution in [2.45, 2.75) is 12.3 Å². The van der Waals surface area contributed by atoms with Gasteiger partial charge in [-0.15, -0.1) is 6.42 Å². The molecule has 0 aliphatic heterocycles. The van der Waals surface area contributed by atoms with E-state index in [2.05, 4.69) is 6.42 Å². The maximum absolute atomic E-state index is 12.0. The van der Waals surface area contributed by atoms with Gasteiger partial charge in [-0.2, -0.15) is 8.78 Å². The van der Waals surface area contributed by atoms with E-state index < -0.39 is 24.8 Å². The monoisotopic (exact) mass is 183 g/mol. The average Bonchev–Trinajstić information content (AvgIpc) is 2.00. The number of amides is 1. The van der Waals surface area contributed by atoms with Gasteiger partial charge in [-0.1, -0.05) is 0 Å². The van der Waals surface area contributed by atoms with Crippen LogP contribution in [0.2, 0.25) is 0 Å². The van der Waals surface area contributed by atoms with Crippen molar-refractivity contribution in [2.24, 2.45) is 0 Å². The van der Waals surface area contributed by atoms with Gasteiger partial charge >= 0.3 is 12.3 Å². The second kappa shape index (κ2) is 3.95. The van der Waals surface area contributed by atoms with E-state index in [9.17, 15) is 22.4 Å². The minimum absolute atomic E-state index is 1.14. The minimum atomic E-state index is -4.23. The fraction of sp³-hybridized carbons (Fsp3) is 0.500. The summed E-state index contributed by atoms with van der Waals surface area (Å²) in [5.74, 6) is -3.92. The fourth-order valence-electron chi connectivity index (χ4n) is 0.326. The molecule has 0 aliphatic carbocycles. The second-order valence-corrected chi connectivity index (χ2v) is 1.89. The molecular formula is C6H5F4NO. The van der Waals surface area contributed by atoms with E-state index in [1.165, 1.54) is 11.2 Å². The molecule has 0 aliphatic rings. The molecule has 0 radical (unpaired) electrons. The summed E-state index contributed by atoms with van der Waals surface area (Å²) in [6.45, 7) is -1.45. The molecule has 1 amide bonds. The van der Waals surface area contributed by atoms with Crippen LogP contribution >= 0.6 is 0 Å². The molecule has 0 unspecified atom stereocenters. The van der Waals surface area contributed by atoms with Crippen LogP contribution in [0.15, 0.2) is 0 Å². The first kappa shape index (κ1) is 10.8. The van der Waals surface area contributed by atoms with Crippen LogP contribution in [0.5, 0.6) is 0 Å². The Bertz CT molecular complexity index is 208. The molecule has 0 aromatic carbocycles. The third-order valence-electron chi connectivity index (χ3n) is 0.935. The van der Waals surface area contributed by atoms with Gasteiger partial charge in [0, 0.05) is 0 Å². The van der Waals surface area contributed by atoms with Crippen LogP contribution in [-0.4, -0.2) is 24.8 Å². The standard InChI is InChI=1S/C6H5F4NO/c1-2-4(12)11-3-6(9,10)5(7)8/h1,5H,3H2,(H,11,12). The van der Waals surface area contributed by atoms with Crippen LogP contribution in [0.3, 0.4) is 0 Å². The summed E-state index contributed by atoms with van der Waals surface area (Å²) in [5.41, 5.74) is 0. The molecule has 0 fully saturated rings. The Hall–Kier alpha value is -1.25. The van der Waals surface area contributed by atoms with Gasteiger partial charge < -0.3 is 5.32 Å². The molecule has 12 heavy (non-hydrogen) atoms.